The van der Waals surface area contributed by atoms with Crippen molar-refractivity contribution in [3.05, 3.63) is 277 Å². The number of hydrogen-bond donors (Lipinski definition) is 0. The molecule has 0 saturated carbocycles. The van der Waals surface area contributed by atoms with Crippen LogP contribution in [0.4, 0.5) is 34.1 Å². The van der Waals surface area contributed by atoms with Gasteiger partial charge in [0.25, 0.3) is 0 Å². The largest absolute Gasteiger partial charge is 0.456 e. The predicted octanol–water partition coefficient (Wildman–Crippen LogP) is 17.2. The average Bonchev–Trinajstić information content (AvgIpc) is 3.96. The molecule has 13 rings (SSSR count). The van der Waals surface area contributed by atoms with Gasteiger partial charge in [0.05, 0.1) is 15.0 Å². The van der Waals surface area contributed by atoms with Gasteiger partial charge in [-0.1, -0.05) is 164 Å². The first-order chi connectivity index (χ1) is 35.6. The molecule has 0 amide bonds. The number of hydrogen-bond acceptors (Lipinski definition) is 3. The van der Waals surface area contributed by atoms with Gasteiger partial charge >= 0.3 is 0 Å². The van der Waals surface area contributed by atoms with E-state index in [-0.39, 0.29) is 34.5 Å². The van der Waals surface area contributed by atoms with E-state index in [1.165, 1.54) is 0 Å². The van der Waals surface area contributed by atoms with Gasteiger partial charge < -0.3 is 14.2 Å². The molecule has 0 spiro atoms. The standard InChI is InChI=1S/C63H42N2O/c1-4-20-49(21-5-1)64(50-22-6-2-7-23-50)53-33-36-59-57(41-53)58-42-54(65(51-24-8-3-9-25-51)52-32-29-44-17-11-13-19-46(44)39-52)34-37-60(58)63(59,47-30-28-43-16-10-12-18-45(43)38-47)48-31-35-56-55-26-14-15-27-61(55)66-62(56)40-48/h1-42H/i10D,12D,16D,18D,28D,30D,38D. The molecule has 1 aromatic heterocycles. The van der Waals surface area contributed by atoms with Gasteiger partial charge in [-0.3, -0.25) is 0 Å². The Morgan fingerprint density at radius 3 is 1.55 bits per heavy atom. The van der Waals surface area contributed by atoms with Crippen molar-refractivity contribution in [3.8, 4) is 11.1 Å². The van der Waals surface area contributed by atoms with Crippen molar-refractivity contribution in [2.45, 2.75) is 5.41 Å². The van der Waals surface area contributed by atoms with Gasteiger partial charge in [0, 0.05) is 44.9 Å². The molecule has 0 N–H and O–H groups in total. The van der Waals surface area contributed by atoms with Crippen LogP contribution in [0.5, 0.6) is 0 Å². The summed E-state index contributed by atoms with van der Waals surface area (Å²) in [5.74, 6) is 0. The Hall–Kier alpha value is -8.66. The maximum atomic E-state index is 10.3. The van der Waals surface area contributed by atoms with E-state index < -0.39 is 29.6 Å². The molecular formula is C63H42N2O. The summed E-state index contributed by atoms with van der Waals surface area (Å²) in [6, 6.07) is 69.0. The number of benzene rings is 11. The highest BCUT2D eigenvalue weighted by Gasteiger charge is 2.47. The first kappa shape index (κ1) is 31.2. The lowest BCUT2D eigenvalue weighted by Gasteiger charge is -2.35. The highest BCUT2D eigenvalue weighted by atomic mass is 16.3. The zero-order valence-electron chi connectivity index (χ0n) is 42.5. The summed E-state index contributed by atoms with van der Waals surface area (Å²) < 4.78 is 72.4. The van der Waals surface area contributed by atoms with Crippen LogP contribution in [0.1, 0.15) is 31.8 Å². The van der Waals surface area contributed by atoms with E-state index in [0.29, 0.717) is 16.7 Å². The lowest BCUT2D eigenvalue weighted by Crippen LogP contribution is -2.28. The minimum Gasteiger partial charge on any atom is -0.456 e. The molecule has 0 bridgehead atoms. The summed E-state index contributed by atoms with van der Waals surface area (Å²) >= 11 is 0. The van der Waals surface area contributed by atoms with E-state index in [2.05, 4.69) is 113 Å². The molecule has 1 atom stereocenters. The smallest absolute Gasteiger partial charge is 0.135 e. The quantitative estimate of drug-likeness (QED) is 0.152. The van der Waals surface area contributed by atoms with Crippen LogP contribution in [0.15, 0.2) is 259 Å². The van der Waals surface area contributed by atoms with Crippen molar-refractivity contribution in [1.29, 1.82) is 0 Å². The van der Waals surface area contributed by atoms with Crippen LogP contribution in [-0.4, -0.2) is 0 Å². The molecule has 310 valence electrons. The van der Waals surface area contributed by atoms with Crippen LogP contribution in [0.2, 0.25) is 0 Å². The molecule has 12 aromatic rings. The van der Waals surface area contributed by atoms with E-state index in [1.54, 1.807) is 0 Å². The minimum atomic E-state index is -1.51. The van der Waals surface area contributed by atoms with Gasteiger partial charge in [-0.25, -0.2) is 0 Å². The van der Waals surface area contributed by atoms with Crippen LogP contribution in [0, 0.1) is 0 Å². The molecule has 1 aliphatic carbocycles. The summed E-state index contributed by atoms with van der Waals surface area (Å²) in [6.07, 6.45) is 0. The van der Waals surface area contributed by atoms with Crippen molar-refractivity contribution in [2.24, 2.45) is 0 Å². The summed E-state index contributed by atoms with van der Waals surface area (Å²) in [6.45, 7) is 0. The van der Waals surface area contributed by atoms with Gasteiger partial charge in [-0.05, 0) is 146 Å². The van der Waals surface area contributed by atoms with Crippen LogP contribution in [0.3, 0.4) is 0 Å². The van der Waals surface area contributed by atoms with Crippen molar-refractivity contribution < 1.29 is 14.0 Å². The highest BCUT2D eigenvalue weighted by molar-refractivity contribution is 6.05. The van der Waals surface area contributed by atoms with Gasteiger partial charge in [-0.2, -0.15) is 0 Å². The Morgan fingerprint density at radius 1 is 0.348 bits per heavy atom. The number of rotatable bonds is 8. The lowest BCUT2D eigenvalue weighted by atomic mass is 9.67. The number of para-hydroxylation sites is 4. The maximum absolute atomic E-state index is 10.3. The molecule has 0 saturated heterocycles. The number of nitrogens with zero attached hydrogens (tertiary/aromatic N) is 2. The fourth-order valence-corrected chi connectivity index (χ4v) is 10.2. The zero-order valence-corrected chi connectivity index (χ0v) is 35.5. The molecular weight excluding hydrogens is 801 g/mol. The van der Waals surface area contributed by atoms with Crippen LogP contribution >= 0.6 is 0 Å². The predicted molar refractivity (Wildman–Crippen MR) is 275 cm³/mol. The van der Waals surface area contributed by atoms with Crippen LogP contribution in [-0.2, 0) is 5.41 Å². The molecule has 1 aliphatic rings. The van der Waals surface area contributed by atoms with Gasteiger partial charge in [0.1, 0.15) is 11.2 Å². The van der Waals surface area contributed by atoms with Crippen LogP contribution < -0.4 is 9.80 Å². The lowest BCUT2D eigenvalue weighted by molar-refractivity contribution is 0.665. The third-order valence-corrected chi connectivity index (χ3v) is 13.1. The average molecular weight is 850 g/mol. The maximum Gasteiger partial charge on any atom is 0.135 e. The van der Waals surface area contributed by atoms with E-state index in [1.807, 2.05) is 109 Å². The third kappa shape index (κ3) is 5.98. The molecule has 11 aromatic carbocycles. The second kappa shape index (κ2) is 15.3. The normalized spacial score (nSPS) is 15.6. The second-order valence-electron chi connectivity index (χ2n) is 16.7. The first-order valence-electron chi connectivity index (χ1n) is 25.6. The molecule has 0 radical (unpaired) electrons. The molecule has 0 fully saturated rings. The third-order valence-electron chi connectivity index (χ3n) is 13.1. The number of furan rings is 1. The monoisotopic (exact) mass is 849 g/mol. The summed E-state index contributed by atoms with van der Waals surface area (Å²) in [5.41, 5.74) is 9.19. The Kier molecular flexibility index (Phi) is 7.22. The minimum absolute atomic E-state index is 0.111. The zero-order chi connectivity index (χ0) is 49.7. The first-order valence-corrected chi connectivity index (χ1v) is 22.1. The Bertz CT molecular complexity index is 4160. The number of fused-ring (bicyclic) bond motifs is 8. The van der Waals surface area contributed by atoms with Crippen molar-refractivity contribution in [1.82, 2.24) is 0 Å². The molecule has 0 aliphatic heterocycles. The SMILES string of the molecule is [2H]c1c([2H])c([2H])c2c([2H])c(C3(c4ccc5c(c4)oc4ccccc45)c4ccc(N(c5ccccc5)c5ccccc5)cc4-c4cc(N(c5ccccc5)c5ccc6ccccc6c5)ccc43)c([2H])c([2H])c2c1[2H]. The van der Waals surface area contributed by atoms with Gasteiger partial charge in [0.2, 0.25) is 0 Å². The summed E-state index contributed by atoms with van der Waals surface area (Å²) in [5, 5.41) is 3.76. The highest BCUT2D eigenvalue weighted by Crippen LogP contribution is 2.59. The topological polar surface area (TPSA) is 19.6 Å². The fraction of sp³-hybridized carbons (Fsp3) is 0.0159. The molecule has 1 unspecified atom stereocenters. The molecule has 3 nitrogen and oxygen atoms in total. The van der Waals surface area contributed by atoms with Crippen LogP contribution in [0.25, 0.3) is 54.6 Å². The Balaban J connectivity index is 1.17. The Labute approximate surface area is 393 Å². The fourth-order valence-electron chi connectivity index (χ4n) is 10.2. The summed E-state index contributed by atoms with van der Waals surface area (Å²) in [4.78, 5) is 4.44. The molecule has 66 heavy (non-hydrogen) atoms. The van der Waals surface area contributed by atoms with E-state index in [0.717, 1.165) is 77.9 Å². The Morgan fingerprint density at radius 2 is 0.879 bits per heavy atom. The summed E-state index contributed by atoms with van der Waals surface area (Å²) in [7, 11) is 0. The van der Waals surface area contributed by atoms with Crippen molar-refractivity contribution in [3.63, 3.8) is 0 Å². The van der Waals surface area contributed by atoms with E-state index >= 15 is 0 Å². The van der Waals surface area contributed by atoms with Crippen molar-refractivity contribution >= 4 is 77.6 Å². The van der Waals surface area contributed by atoms with Crippen molar-refractivity contribution in [2.75, 3.05) is 9.80 Å². The van der Waals surface area contributed by atoms with Gasteiger partial charge in [-0.15, -0.1) is 0 Å². The van der Waals surface area contributed by atoms with E-state index in [9.17, 15) is 5.48 Å². The van der Waals surface area contributed by atoms with Gasteiger partial charge in [0.15, 0.2) is 0 Å². The molecule has 3 heteroatoms. The molecule has 1 heterocycles. The second-order valence-corrected chi connectivity index (χ2v) is 16.7. The number of anilines is 6. The van der Waals surface area contributed by atoms with E-state index in [4.69, 9.17) is 8.53 Å².